The number of alkyl halides is 9. The molecule has 0 aliphatic carbocycles. The number of carbonyl (C=O) groups is 1. The van der Waals surface area contributed by atoms with Gasteiger partial charge in [-0.2, -0.15) is 73.2 Å². The van der Waals surface area contributed by atoms with Crippen LogP contribution in [0.1, 0.15) is 69.8 Å². The standard InChI is InChI=1S/C20H25N2O3S.C8H14ClN2O2S.2C8H14N2O3S.C4H6N2.C4H8O3S.C2HF3O2.2CHF3O3S.CH4O3S.Cl2OS/c1-21-12-13-22(17-21)11-4-5-15-26(23,24)25-14-10-18-8-9-19-6-2-3-7-20(19)16-18;1-10-5-6-11(8-10)4-2-3-7-14(9,12)13;2*1-9-5-6-10(8-9)4-2-3-7-14(11,12)13;1-6-3-2-5-4-6;5-8(6)4-2-1-3-7-8;3-2(4,5)1(6)7;2*2-1(3,4)8(5,6)7;1-5(2,3)4;1-4(2)3/h2-3,6-9,12-13,16-17H,4-5,10-11,14-15H2,1H3;3*5-6,8H,2-4,7H2,1H3;2-4H,1H3;1-4H2;(H,6,7);2*(H,5,6,7);1H3,(H,2,3,4);/q2*+1;;;;;;;;;/p-2. The molecule has 5 aromatic heterocycles. The number of fused-ring (bicyclic) bond motifs is 1. The molecule has 8 rings (SSSR count). The number of carboxylic acids is 1. The minimum atomic E-state index is -6.09. The summed E-state index contributed by atoms with van der Waals surface area (Å²) in [6, 6.07) is 14.3. The fourth-order valence-corrected chi connectivity index (χ4v) is 11.6. The van der Waals surface area contributed by atoms with Crippen molar-refractivity contribution in [3.8, 4) is 0 Å². The van der Waals surface area contributed by atoms with E-state index in [9.17, 15) is 94.6 Å². The Morgan fingerprint density at radius 2 is 0.947 bits per heavy atom. The van der Waals surface area contributed by atoms with Crippen molar-refractivity contribution in [3.05, 3.63) is 142 Å². The van der Waals surface area contributed by atoms with Gasteiger partial charge in [0.2, 0.25) is 43.6 Å². The molecule has 658 valence electrons. The number of hydrogen-bond donors (Lipinski definition) is 2. The van der Waals surface area contributed by atoms with Crippen molar-refractivity contribution in [2.24, 2.45) is 35.2 Å². The van der Waals surface area contributed by atoms with Crippen LogP contribution in [0, 0.1) is 0 Å². The zero-order chi connectivity index (χ0) is 88.8. The fraction of sp³-hybridized carbons (Fsp3) is 0.544. The van der Waals surface area contributed by atoms with E-state index >= 15 is 0 Å². The molecule has 1 aliphatic heterocycles. The summed E-state index contributed by atoms with van der Waals surface area (Å²) in [6.07, 6.45) is 31.6. The van der Waals surface area contributed by atoms with Gasteiger partial charge in [0.15, 0.2) is 20.2 Å². The molecule has 1 fully saturated rings. The van der Waals surface area contributed by atoms with Gasteiger partial charge in [0.25, 0.3) is 40.5 Å². The second-order valence-electron chi connectivity index (χ2n) is 22.9. The number of aliphatic carboxylic acids is 1. The molecular weight excluding hydrogens is 1810 g/mol. The van der Waals surface area contributed by atoms with Crippen LogP contribution in [0.2, 0.25) is 0 Å². The number of halogens is 12. The number of aromatic nitrogens is 10. The Morgan fingerprint density at radius 1 is 0.596 bits per heavy atom. The van der Waals surface area contributed by atoms with Gasteiger partial charge in [0.05, 0.1) is 113 Å². The highest BCUT2D eigenvalue weighted by Crippen LogP contribution is 2.22. The van der Waals surface area contributed by atoms with E-state index in [1.54, 1.807) is 12.5 Å². The van der Waals surface area contributed by atoms with Crippen molar-refractivity contribution in [2.45, 2.75) is 114 Å². The van der Waals surface area contributed by atoms with Crippen molar-refractivity contribution in [2.75, 3.05) is 48.2 Å². The Hall–Kier alpha value is -6.07. The van der Waals surface area contributed by atoms with Gasteiger partial charge in [0.1, 0.15) is 55.5 Å². The number of aryl methyl sites for hydroxylation is 9. The monoisotopic (exact) mass is 1890 g/mol. The molecule has 6 heterocycles. The molecule has 36 nitrogen and oxygen atoms in total. The number of rotatable bonds is 24. The second-order valence-corrected chi connectivity index (χ2v) is 39.2. The average molecular weight is 1890 g/mol. The summed E-state index contributed by atoms with van der Waals surface area (Å²) >= 11 is 0. The van der Waals surface area contributed by atoms with Crippen LogP contribution in [-0.4, -0.2) is 194 Å². The van der Waals surface area contributed by atoms with Crippen LogP contribution in [0.15, 0.2) is 136 Å². The number of carbonyl (C=O) groups excluding carboxylic acids is 1. The molecule has 57 heteroatoms. The molecule has 0 amide bonds. The van der Waals surface area contributed by atoms with E-state index in [0.717, 1.165) is 69.2 Å². The molecule has 0 atom stereocenters. The summed E-state index contributed by atoms with van der Waals surface area (Å²) in [7, 11) is -11.4. The first-order valence-electron chi connectivity index (χ1n) is 31.7. The van der Waals surface area contributed by atoms with Gasteiger partial charge in [-0.1, -0.05) is 42.5 Å². The highest BCUT2D eigenvalue weighted by molar-refractivity contribution is 8.26. The van der Waals surface area contributed by atoms with Gasteiger partial charge in [0, 0.05) is 57.2 Å². The van der Waals surface area contributed by atoms with Gasteiger partial charge in [-0.15, -0.1) is 0 Å². The number of benzene rings is 2. The minimum absolute atomic E-state index is 0.0575. The molecule has 2 N–H and O–H groups in total. The largest absolute Gasteiger partial charge is 0.748 e. The van der Waals surface area contributed by atoms with Gasteiger partial charge >= 0.3 is 17.2 Å². The lowest BCUT2D eigenvalue weighted by Crippen LogP contribution is -2.37. The third-order valence-electron chi connectivity index (χ3n) is 12.5. The van der Waals surface area contributed by atoms with Crippen LogP contribution < -0.4 is 23.4 Å². The van der Waals surface area contributed by atoms with Crippen LogP contribution in [-0.2, 0) is 170 Å². The number of imidazole rings is 5. The van der Waals surface area contributed by atoms with Crippen molar-refractivity contribution in [1.82, 2.24) is 27.8 Å². The molecule has 0 unspecified atom stereocenters. The van der Waals surface area contributed by atoms with Crippen molar-refractivity contribution >= 4 is 138 Å². The molecule has 0 saturated carbocycles. The summed E-state index contributed by atoms with van der Waals surface area (Å²) < 4.78 is 338. The van der Waals surface area contributed by atoms with Crippen LogP contribution in [0.25, 0.3) is 10.8 Å². The van der Waals surface area contributed by atoms with Gasteiger partial charge in [-0.05, 0) is 87.0 Å². The first-order valence-corrected chi connectivity index (χ1v) is 48.0. The highest BCUT2D eigenvalue weighted by atomic mass is 36.0. The maximum Gasteiger partial charge on any atom is 0.485 e. The molecule has 2 aromatic carbocycles. The highest BCUT2D eigenvalue weighted by Gasteiger charge is 2.37. The molecular formula is C57H86Cl3F9N10O26S9. The fourth-order valence-electron chi connectivity index (χ4n) is 7.52. The second kappa shape index (κ2) is 54.1. The zero-order valence-electron chi connectivity index (χ0n) is 61.1. The average Bonchev–Trinajstić information content (AvgIpc) is 1.09. The molecule has 0 bridgehead atoms. The number of nitrogens with zero attached hydrogens (tertiary/aromatic N) is 10. The van der Waals surface area contributed by atoms with Crippen LogP contribution in [0.3, 0.4) is 0 Å². The lowest BCUT2D eigenvalue weighted by Gasteiger charge is -2.09. The van der Waals surface area contributed by atoms with E-state index in [0.29, 0.717) is 51.4 Å². The maximum absolute atomic E-state index is 12.0. The summed E-state index contributed by atoms with van der Waals surface area (Å²) in [6.45, 7) is 3.73. The third-order valence-corrected chi connectivity index (χ3v) is 19.1. The molecule has 7 aromatic rings. The van der Waals surface area contributed by atoms with Crippen LogP contribution in [0.4, 0.5) is 39.5 Å². The normalized spacial score (nSPS) is 12.9. The molecule has 1 aliphatic rings. The van der Waals surface area contributed by atoms with E-state index < -0.39 is 112 Å². The summed E-state index contributed by atoms with van der Waals surface area (Å²) in [5.74, 6) is -3.10. The minimum Gasteiger partial charge on any atom is -0.748 e. The molecule has 0 radical (unpaired) electrons. The van der Waals surface area contributed by atoms with Gasteiger partial charge in [-0.3, -0.25) is 17.5 Å². The third kappa shape index (κ3) is 69.1. The predicted octanol–water partition coefficient (Wildman–Crippen LogP) is 3.61. The lowest BCUT2D eigenvalue weighted by molar-refractivity contribution is -0.671. The van der Waals surface area contributed by atoms with E-state index in [1.807, 2.05) is 176 Å². The smallest absolute Gasteiger partial charge is 0.485 e. The SMILES string of the molecule is CS(=O)(=O)O.C[n+]1ccn(CCCCS(=O)(=O)Cl)c1.C[n+]1ccn(CCCCS(=O)(=O)O)c1.C[n+]1ccn(CCCCS(=O)(=O)OCCc2ccc3ccccc3c2)c1.C[n+]1ccn(CCCCS(=O)(=O)[O-])c1.Cn1ccnc1.O=C([O-])C(F)(F)F.O=S(=O)([O-])C(F)(F)F.O=S(=O)([O-])C(F)(F)F.O=S(Cl)Cl.O=S1(=O)CCCCO1. The molecule has 0 spiro atoms. The number of unbranched alkanes of at least 4 members (excludes halogenated alkanes) is 4. The first kappa shape index (κ1) is 112. The maximum atomic E-state index is 12.0. The van der Waals surface area contributed by atoms with E-state index in [1.165, 1.54) is 5.39 Å². The first-order chi connectivity index (χ1) is 51.7. The Labute approximate surface area is 670 Å². The summed E-state index contributed by atoms with van der Waals surface area (Å²) in [5, 5.41) is 11.1. The van der Waals surface area contributed by atoms with Crippen LogP contribution in [0.5, 0.6) is 0 Å². The Balaban J connectivity index is -0.00000124. The molecule has 114 heavy (non-hydrogen) atoms. The lowest BCUT2D eigenvalue weighted by atomic mass is 10.1. The van der Waals surface area contributed by atoms with E-state index in [-0.39, 0.29) is 35.4 Å². The molecule has 1 saturated heterocycles. The Morgan fingerprint density at radius 3 is 1.20 bits per heavy atom. The van der Waals surface area contributed by atoms with Gasteiger partial charge in [-0.25, -0.2) is 79.4 Å². The van der Waals surface area contributed by atoms with Crippen molar-refractivity contribution < 1.29 is 170 Å². The quantitative estimate of drug-likeness (QED) is 0.0166. The van der Waals surface area contributed by atoms with Crippen LogP contribution >= 0.6 is 32.0 Å². The Bertz CT molecular complexity index is 4660. The Kier molecular flexibility index (Phi) is 53.2. The topological polar surface area (TPSA) is 511 Å². The van der Waals surface area contributed by atoms with E-state index in [4.69, 9.17) is 64.0 Å². The van der Waals surface area contributed by atoms with Crippen molar-refractivity contribution in [3.63, 3.8) is 0 Å². The summed E-state index contributed by atoms with van der Waals surface area (Å²) in [5.41, 5.74) is -10.2. The van der Waals surface area contributed by atoms with E-state index in [2.05, 4.69) is 54.8 Å². The predicted molar refractivity (Wildman–Crippen MR) is 389 cm³/mol. The number of carboxylic acid groups (broad SMARTS) is 1. The summed E-state index contributed by atoms with van der Waals surface area (Å²) in [4.78, 5) is 12.6. The van der Waals surface area contributed by atoms with Gasteiger partial charge < -0.3 is 28.1 Å². The zero-order valence-corrected chi connectivity index (χ0v) is 70.7. The number of hydrogen-bond acceptors (Lipinski definition) is 25. The van der Waals surface area contributed by atoms with Crippen molar-refractivity contribution in [1.29, 1.82) is 0 Å².